The Hall–Kier alpha value is 1.10. The quantitative estimate of drug-likeness (QED) is 0.344. The summed E-state index contributed by atoms with van der Waals surface area (Å²) in [6.07, 6.45) is 0. The molecule has 0 fully saturated rings. The molecule has 0 aliphatic carbocycles. The van der Waals surface area contributed by atoms with Crippen LogP contribution in [0.4, 0.5) is 0 Å². The molecule has 0 atom stereocenters. The van der Waals surface area contributed by atoms with Gasteiger partial charge >= 0.3 is 43.1 Å². The molecule has 0 aliphatic heterocycles. The summed E-state index contributed by atoms with van der Waals surface area (Å²) in [4.78, 5) is 0. The number of hydrogen-bond donors (Lipinski definition) is 0. The van der Waals surface area contributed by atoms with Gasteiger partial charge in [0.15, 0.2) is 0 Å². The molecule has 0 aromatic heterocycles. The van der Waals surface area contributed by atoms with Gasteiger partial charge in [0.2, 0.25) is 0 Å². The average molecular weight is 86.4 g/mol. The van der Waals surface area contributed by atoms with Crippen LogP contribution in [0.2, 0.25) is 0 Å². The third kappa shape index (κ3) is 11.3. The number of hydrogen-bond acceptors (Lipinski definition) is 1. The summed E-state index contributed by atoms with van der Waals surface area (Å²) in [5, 5.41) is 0. The first-order valence-corrected chi connectivity index (χ1v) is 0.866. The topological polar surface area (TPSA) is 17.1 Å². The van der Waals surface area contributed by atoms with Crippen molar-refractivity contribution in [3.63, 3.8) is 0 Å². The summed E-state index contributed by atoms with van der Waals surface area (Å²) in [7, 11) is 0. The fraction of sp³-hybridized carbons (Fsp3) is 1.00. The first-order valence-electron chi connectivity index (χ1n) is 0.289. The van der Waals surface area contributed by atoms with Crippen molar-refractivity contribution in [1.29, 1.82) is 0 Å². The maximum absolute atomic E-state index is 8.28. The zero-order valence-corrected chi connectivity index (χ0v) is 2.53. The first kappa shape index (κ1) is 19.4. The van der Waals surface area contributed by atoms with Crippen LogP contribution in [0.5, 0.6) is 0 Å². The molecule has 0 spiro atoms. The van der Waals surface area contributed by atoms with E-state index in [4.69, 9.17) is 3.80 Å². The fourth-order valence-electron chi connectivity index (χ4n) is 0. The van der Waals surface area contributed by atoms with E-state index in [2.05, 4.69) is 0 Å². The van der Waals surface area contributed by atoms with E-state index in [1.807, 2.05) is 0 Å². The molecule has 0 radical (unpaired) electrons. The van der Waals surface area contributed by atoms with E-state index in [9.17, 15) is 0 Å². The second-order valence-corrected chi connectivity index (χ2v) is 0. The maximum atomic E-state index is 8.28. The van der Waals surface area contributed by atoms with E-state index < -0.39 is 0 Å². The third-order valence-electron chi connectivity index (χ3n) is 0. The first-order chi connectivity index (χ1) is 1.00. The van der Waals surface area contributed by atoms with E-state index in [0.717, 1.165) is 0 Å². The van der Waals surface area contributed by atoms with Crippen LogP contribution >= 0.6 is 0 Å². The van der Waals surface area contributed by atoms with Gasteiger partial charge in [-0.05, 0) is 0 Å². The van der Waals surface area contributed by atoms with Crippen LogP contribution in [-0.4, -0.2) is 39.3 Å². The van der Waals surface area contributed by atoms with Gasteiger partial charge in [-0.3, -0.25) is 0 Å². The van der Waals surface area contributed by atoms with Crippen molar-refractivity contribution in [3.05, 3.63) is 0 Å². The van der Waals surface area contributed by atoms with E-state index in [-0.39, 0.29) is 30.5 Å². The molecule has 0 aromatic carbocycles. The molecule has 0 amide bonds. The van der Waals surface area contributed by atoms with Gasteiger partial charge in [0.05, 0.1) is 0 Å². The zero-order valence-electron chi connectivity index (χ0n) is 1.12. The molecule has 0 aliphatic rings. The van der Waals surface area contributed by atoms with Crippen molar-refractivity contribution in [2.75, 3.05) is 0 Å². The van der Waals surface area contributed by atoms with Gasteiger partial charge in [-0.25, -0.2) is 0 Å². The van der Waals surface area contributed by atoms with Gasteiger partial charge in [0.25, 0.3) is 0 Å². The van der Waals surface area contributed by atoms with Gasteiger partial charge in [0, 0.05) is 0 Å². The summed E-state index contributed by atoms with van der Waals surface area (Å²) in [6.45, 7) is 0. The predicted octanol–water partition coefficient (Wildman–Crippen LogP) is -1.05. The van der Waals surface area contributed by atoms with Crippen molar-refractivity contribution in [1.82, 2.24) is 0 Å². The Bertz CT molecular complexity index is 8.00. The minimum atomic E-state index is 0. The van der Waals surface area contributed by atoms with E-state index in [0.29, 0.717) is 16.2 Å². The second-order valence-electron chi connectivity index (χ2n) is 0. The molecule has 1 nitrogen and oxygen atoms in total. The van der Waals surface area contributed by atoms with Crippen LogP contribution in [0.1, 0.15) is 7.43 Å². The molecular weight excluding hydrogens is 79.3 g/mol. The van der Waals surface area contributed by atoms with Gasteiger partial charge in [-0.2, -0.15) is 0 Å². The molecule has 0 saturated heterocycles. The monoisotopic (exact) mass is 86.0 g/mol. The molecule has 0 aromatic rings. The standard InChI is InChI=1S/CH4.Al.Mg.O.3H/h1H4;;;;;;. The molecule has 22 valence electrons. The summed E-state index contributed by atoms with van der Waals surface area (Å²) < 4.78 is 8.28. The van der Waals surface area contributed by atoms with Crippen molar-refractivity contribution >= 4 is 39.3 Å². The molecule has 0 heterocycles. The Morgan fingerprint density at radius 2 is 1.25 bits per heavy atom. The summed E-state index contributed by atoms with van der Waals surface area (Å²) in [5.41, 5.74) is 0. The molecule has 0 bridgehead atoms. The van der Waals surface area contributed by atoms with E-state index >= 15 is 0 Å². The molecule has 0 saturated carbocycles. The normalized spacial score (nSPS) is 0.750. The van der Waals surface area contributed by atoms with E-state index in [1.165, 1.54) is 0 Å². The van der Waals surface area contributed by atoms with Gasteiger partial charge in [-0.1, -0.05) is 7.43 Å². The Morgan fingerprint density at radius 1 is 1.25 bits per heavy atom. The third-order valence-corrected chi connectivity index (χ3v) is 0. The van der Waals surface area contributed by atoms with E-state index in [1.54, 1.807) is 0 Å². The molecule has 3 heteroatoms. The second kappa shape index (κ2) is 32.6. The van der Waals surface area contributed by atoms with Crippen molar-refractivity contribution < 1.29 is 3.80 Å². The Labute approximate surface area is 50.6 Å². The number of rotatable bonds is 0. The predicted molar refractivity (Wildman–Crippen MR) is 23.1 cm³/mol. The van der Waals surface area contributed by atoms with Crippen LogP contribution in [0.25, 0.3) is 0 Å². The average Bonchev–Trinajstić information content (AvgIpc) is 1.00. The summed E-state index contributed by atoms with van der Waals surface area (Å²) in [6, 6.07) is 0. The molecule has 4 heavy (non-hydrogen) atoms. The summed E-state index contributed by atoms with van der Waals surface area (Å²) >= 11 is 0.611. The van der Waals surface area contributed by atoms with Crippen LogP contribution < -0.4 is 0 Å². The van der Waals surface area contributed by atoms with Crippen molar-refractivity contribution in [2.24, 2.45) is 0 Å². The van der Waals surface area contributed by atoms with Gasteiger partial charge in [-0.15, -0.1) is 0 Å². The Kier molecular flexibility index (Phi) is 159. The van der Waals surface area contributed by atoms with Gasteiger partial charge in [0.1, 0.15) is 0 Å². The van der Waals surface area contributed by atoms with Gasteiger partial charge < -0.3 is 0 Å². The Morgan fingerprint density at radius 3 is 1.25 bits per heavy atom. The molecule has 0 unspecified atom stereocenters. The fourth-order valence-corrected chi connectivity index (χ4v) is 0. The van der Waals surface area contributed by atoms with Crippen molar-refractivity contribution in [2.45, 2.75) is 7.43 Å². The van der Waals surface area contributed by atoms with Crippen LogP contribution in [-0.2, 0) is 3.80 Å². The zero-order chi connectivity index (χ0) is 2.00. The SMILES string of the molecule is C.[MgH2].[O]=[AlH]. The summed E-state index contributed by atoms with van der Waals surface area (Å²) in [5.74, 6) is 0. The Balaban J connectivity index is -0.00000000500. The molecule has 0 N–H and O–H groups in total. The van der Waals surface area contributed by atoms with Crippen LogP contribution in [0.15, 0.2) is 0 Å². The molecule has 0 rings (SSSR count). The van der Waals surface area contributed by atoms with Crippen LogP contribution in [0, 0.1) is 0 Å². The van der Waals surface area contributed by atoms with Crippen LogP contribution in [0.3, 0.4) is 0 Å². The minimum absolute atomic E-state index is 0. The van der Waals surface area contributed by atoms with Crippen molar-refractivity contribution in [3.8, 4) is 0 Å². The molecular formula is CH7AlMgO.